The minimum Gasteiger partial charge on any atom is -0.313 e. The Morgan fingerprint density at radius 3 is 2.16 bits per heavy atom. The Kier molecular flexibility index (Phi) is 7.43. The van der Waals surface area contributed by atoms with E-state index in [1.807, 2.05) is 77.4 Å². The molecular formula is C25H39N5O2. The third-order valence-corrected chi connectivity index (χ3v) is 5.20. The van der Waals surface area contributed by atoms with Crippen molar-refractivity contribution in [3.63, 3.8) is 0 Å². The molecule has 0 saturated heterocycles. The molecule has 32 heavy (non-hydrogen) atoms. The van der Waals surface area contributed by atoms with Gasteiger partial charge in [0.1, 0.15) is 12.4 Å². The number of nitrogens with zero attached hydrogens (tertiary/aromatic N) is 3. The monoisotopic (exact) mass is 441 g/mol. The zero-order chi connectivity index (χ0) is 24.4. The van der Waals surface area contributed by atoms with Crippen LogP contribution in [0.1, 0.15) is 72.2 Å². The summed E-state index contributed by atoms with van der Waals surface area (Å²) in [5.41, 5.74) is 3.31. The normalized spacial score (nSPS) is 12.1. The van der Waals surface area contributed by atoms with E-state index in [9.17, 15) is 9.59 Å². The van der Waals surface area contributed by atoms with E-state index in [1.54, 1.807) is 0 Å². The predicted molar refractivity (Wildman–Crippen MR) is 131 cm³/mol. The summed E-state index contributed by atoms with van der Waals surface area (Å²) in [7, 11) is 0. The molecule has 0 unspecified atom stereocenters. The molecule has 1 heterocycles. The van der Waals surface area contributed by atoms with E-state index in [1.165, 1.54) is 4.90 Å². The first kappa shape index (κ1) is 25.4. The molecule has 0 aliphatic heterocycles. The van der Waals surface area contributed by atoms with Crippen molar-refractivity contribution in [3.05, 3.63) is 41.1 Å². The molecule has 2 N–H and O–H groups in total. The topological polar surface area (TPSA) is 79.3 Å². The number of nitrogens with one attached hydrogen (secondary N) is 2. The summed E-state index contributed by atoms with van der Waals surface area (Å²) in [6, 6.07) is 7.32. The highest BCUT2D eigenvalue weighted by Gasteiger charge is 2.27. The zero-order valence-corrected chi connectivity index (χ0v) is 21.3. The fourth-order valence-corrected chi connectivity index (χ4v) is 3.31. The van der Waals surface area contributed by atoms with Crippen molar-refractivity contribution in [2.24, 2.45) is 0 Å². The molecule has 0 atom stereocenters. The largest absolute Gasteiger partial charge is 0.322 e. The van der Waals surface area contributed by atoms with Gasteiger partial charge in [-0.15, -0.1) is 0 Å². The second-order valence-electron chi connectivity index (χ2n) is 10.8. The van der Waals surface area contributed by atoms with E-state index in [0.29, 0.717) is 5.82 Å². The van der Waals surface area contributed by atoms with Crippen LogP contribution in [0.15, 0.2) is 24.3 Å². The van der Waals surface area contributed by atoms with Crippen LogP contribution in [0.2, 0.25) is 0 Å². The first-order chi connectivity index (χ1) is 14.6. The third kappa shape index (κ3) is 6.34. The maximum absolute atomic E-state index is 13.0. The average Bonchev–Trinajstić information content (AvgIpc) is 3.06. The summed E-state index contributed by atoms with van der Waals surface area (Å²) < 4.78 is 1.83. The number of benzene rings is 1. The van der Waals surface area contributed by atoms with Crippen molar-refractivity contribution in [3.8, 4) is 0 Å². The van der Waals surface area contributed by atoms with E-state index < -0.39 is 0 Å². The molecule has 0 aliphatic carbocycles. The number of aromatic nitrogens is 2. The predicted octanol–water partition coefficient (Wildman–Crippen LogP) is 5.43. The van der Waals surface area contributed by atoms with Gasteiger partial charge in [0.25, 0.3) is 0 Å². The molecule has 0 bridgehead atoms. The summed E-state index contributed by atoms with van der Waals surface area (Å²) in [6.07, 6.45) is 0. The fraction of sp³-hybridized carbons (Fsp3) is 0.560. The number of amides is 3. The van der Waals surface area contributed by atoms with Gasteiger partial charge in [-0.2, -0.15) is 5.10 Å². The number of anilines is 2. The number of carbonyl (C=O) groups excluding carboxylic acids is 2. The third-order valence-electron chi connectivity index (χ3n) is 5.20. The maximum Gasteiger partial charge on any atom is 0.322 e. The summed E-state index contributed by atoms with van der Waals surface area (Å²) in [4.78, 5) is 27.4. The molecule has 2 rings (SSSR count). The second kappa shape index (κ2) is 9.35. The zero-order valence-electron chi connectivity index (χ0n) is 21.3. The van der Waals surface area contributed by atoms with Crippen LogP contribution >= 0.6 is 0 Å². The lowest BCUT2D eigenvalue weighted by Crippen LogP contribution is -2.45. The van der Waals surface area contributed by atoms with Crippen LogP contribution < -0.4 is 10.6 Å². The Balaban J connectivity index is 2.20. The lowest BCUT2D eigenvalue weighted by atomic mass is 9.92. The molecule has 0 radical (unpaired) electrons. The number of aryl methyl sites for hydroxylation is 2. The summed E-state index contributed by atoms with van der Waals surface area (Å²) in [5.74, 6) is 0.367. The molecule has 0 fully saturated rings. The van der Waals surface area contributed by atoms with Crippen molar-refractivity contribution < 1.29 is 9.59 Å². The standard InChI is InChI=1S/C25H39N5O2/c1-16(2)29(23(32)26-19-12-11-17(3)13-18(19)4)15-22(31)27-21-14-20(24(5,6)7)28-30(21)25(8,9)10/h11-14,16H,15H2,1-10H3,(H,26,32)(H,27,31). The van der Waals surface area contributed by atoms with Gasteiger partial charge in [0.2, 0.25) is 5.91 Å². The Bertz CT molecular complexity index is 977. The molecule has 2 aromatic rings. The smallest absolute Gasteiger partial charge is 0.313 e. The van der Waals surface area contributed by atoms with E-state index >= 15 is 0 Å². The number of rotatable bonds is 5. The van der Waals surface area contributed by atoms with Gasteiger partial charge in [-0.1, -0.05) is 38.5 Å². The van der Waals surface area contributed by atoms with Gasteiger partial charge < -0.3 is 15.5 Å². The van der Waals surface area contributed by atoms with Gasteiger partial charge in [-0.25, -0.2) is 9.48 Å². The molecule has 1 aromatic carbocycles. The van der Waals surface area contributed by atoms with Crippen molar-refractivity contribution >= 4 is 23.4 Å². The summed E-state index contributed by atoms with van der Waals surface area (Å²) in [6.45, 7) is 20.1. The van der Waals surface area contributed by atoms with Gasteiger partial charge in [0, 0.05) is 23.2 Å². The molecule has 7 heteroatoms. The molecule has 0 spiro atoms. The second-order valence-corrected chi connectivity index (χ2v) is 10.8. The highest BCUT2D eigenvalue weighted by Crippen LogP contribution is 2.28. The van der Waals surface area contributed by atoms with Gasteiger partial charge in [-0.05, 0) is 60.1 Å². The van der Waals surface area contributed by atoms with Crippen LogP contribution in [-0.4, -0.2) is 39.2 Å². The lowest BCUT2D eigenvalue weighted by molar-refractivity contribution is -0.117. The van der Waals surface area contributed by atoms with Crippen LogP contribution in [-0.2, 0) is 15.7 Å². The Morgan fingerprint density at radius 1 is 1.03 bits per heavy atom. The first-order valence-electron chi connectivity index (χ1n) is 11.2. The highest BCUT2D eigenvalue weighted by molar-refractivity contribution is 5.97. The molecule has 1 aromatic heterocycles. The quantitative estimate of drug-likeness (QED) is 0.649. The molecule has 0 saturated carbocycles. The van der Waals surface area contributed by atoms with Crippen molar-refractivity contribution in [1.29, 1.82) is 0 Å². The fourth-order valence-electron chi connectivity index (χ4n) is 3.31. The molecule has 7 nitrogen and oxygen atoms in total. The summed E-state index contributed by atoms with van der Waals surface area (Å²) >= 11 is 0. The van der Waals surface area contributed by atoms with E-state index in [2.05, 4.69) is 31.4 Å². The number of hydrogen-bond acceptors (Lipinski definition) is 3. The van der Waals surface area contributed by atoms with Crippen LogP contribution in [0, 0.1) is 13.8 Å². The van der Waals surface area contributed by atoms with Crippen LogP contribution in [0.4, 0.5) is 16.3 Å². The van der Waals surface area contributed by atoms with Gasteiger partial charge in [-0.3, -0.25) is 4.79 Å². The Morgan fingerprint density at radius 2 is 1.66 bits per heavy atom. The minimum absolute atomic E-state index is 0.0609. The van der Waals surface area contributed by atoms with Gasteiger partial charge in [0.15, 0.2) is 0 Å². The van der Waals surface area contributed by atoms with Crippen LogP contribution in [0.25, 0.3) is 0 Å². The van der Waals surface area contributed by atoms with Crippen molar-refractivity contribution in [1.82, 2.24) is 14.7 Å². The van der Waals surface area contributed by atoms with Crippen molar-refractivity contribution in [2.75, 3.05) is 17.2 Å². The number of hydrogen-bond donors (Lipinski definition) is 2. The van der Waals surface area contributed by atoms with Crippen LogP contribution in [0.5, 0.6) is 0 Å². The highest BCUT2D eigenvalue weighted by atomic mass is 16.2. The lowest BCUT2D eigenvalue weighted by Gasteiger charge is -2.27. The van der Waals surface area contributed by atoms with Gasteiger partial charge in [0.05, 0.1) is 11.2 Å². The van der Waals surface area contributed by atoms with Crippen molar-refractivity contribution in [2.45, 2.75) is 86.2 Å². The molecule has 0 aliphatic rings. The Labute approximate surface area is 192 Å². The molecular weight excluding hydrogens is 402 g/mol. The first-order valence-corrected chi connectivity index (χ1v) is 11.2. The van der Waals surface area contributed by atoms with E-state index in [-0.39, 0.29) is 35.5 Å². The summed E-state index contributed by atoms with van der Waals surface area (Å²) in [5, 5.41) is 10.6. The number of carbonyl (C=O) groups is 2. The maximum atomic E-state index is 13.0. The Hall–Kier alpha value is -2.83. The van der Waals surface area contributed by atoms with E-state index in [0.717, 1.165) is 22.5 Å². The average molecular weight is 442 g/mol. The SMILES string of the molecule is Cc1ccc(NC(=O)N(CC(=O)Nc2cc(C(C)(C)C)nn2C(C)(C)C)C(C)C)c(C)c1. The number of urea groups is 1. The van der Waals surface area contributed by atoms with Crippen LogP contribution in [0.3, 0.4) is 0 Å². The van der Waals surface area contributed by atoms with E-state index in [4.69, 9.17) is 5.10 Å². The van der Waals surface area contributed by atoms with Gasteiger partial charge >= 0.3 is 6.03 Å². The molecule has 3 amide bonds. The minimum atomic E-state index is -0.304. The molecule has 176 valence electrons.